The third-order valence-corrected chi connectivity index (χ3v) is 3.19. The number of allylic oxidation sites excluding steroid dienone is 2. The van der Waals surface area contributed by atoms with Crippen molar-refractivity contribution in [2.45, 2.75) is 46.6 Å². The quantitative estimate of drug-likeness (QED) is 0.653. The Labute approximate surface area is 86.0 Å². The first-order valence-corrected chi connectivity index (χ1v) is 5.33. The summed E-state index contributed by atoms with van der Waals surface area (Å²) in [7, 11) is 0. The fourth-order valence-electron chi connectivity index (χ4n) is 2.33. The first-order chi connectivity index (χ1) is 6.45. The van der Waals surface area contributed by atoms with Gasteiger partial charge in [-0.3, -0.25) is 4.79 Å². The number of Topliss-reactive ketones (excluding diaryl/α,β-unsaturated/α-hetero) is 1. The van der Waals surface area contributed by atoms with Crippen LogP contribution in [0.5, 0.6) is 0 Å². The van der Waals surface area contributed by atoms with Gasteiger partial charge in [0.05, 0.1) is 12.0 Å². The summed E-state index contributed by atoms with van der Waals surface area (Å²) in [5.41, 5.74) is 2.04. The largest absolute Gasteiger partial charge is 0.393 e. The van der Waals surface area contributed by atoms with Gasteiger partial charge in [-0.25, -0.2) is 0 Å². The molecular weight excluding hydrogens is 176 g/mol. The summed E-state index contributed by atoms with van der Waals surface area (Å²) >= 11 is 0. The zero-order valence-corrected chi connectivity index (χ0v) is 9.50. The molecule has 80 valence electrons. The molecule has 0 bridgehead atoms. The first-order valence-electron chi connectivity index (χ1n) is 5.33. The Morgan fingerprint density at radius 3 is 2.50 bits per heavy atom. The van der Waals surface area contributed by atoms with Crippen molar-refractivity contribution in [3.05, 3.63) is 11.1 Å². The number of aliphatic hydroxyl groups excluding tert-OH is 1. The molecule has 2 unspecified atom stereocenters. The lowest BCUT2D eigenvalue weighted by molar-refractivity contribution is -0.126. The van der Waals surface area contributed by atoms with Crippen molar-refractivity contribution in [1.82, 2.24) is 0 Å². The van der Waals surface area contributed by atoms with Crippen LogP contribution in [-0.4, -0.2) is 17.0 Å². The Hall–Kier alpha value is -0.630. The van der Waals surface area contributed by atoms with E-state index in [1.165, 1.54) is 0 Å². The molecule has 0 saturated heterocycles. The molecule has 1 saturated carbocycles. The monoisotopic (exact) mass is 196 g/mol. The normalized spacial score (nSPS) is 30.4. The molecule has 0 aromatic rings. The fraction of sp³-hybridized carbons (Fsp3) is 0.750. The maximum absolute atomic E-state index is 12.0. The van der Waals surface area contributed by atoms with Gasteiger partial charge in [-0.15, -0.1) is 0 Å². The van der Waals surface area contributed by atoms with Crippen molar-refractivity contribution in [3.8, 4) is 0 Å². The summed E-state index contributed by atoms with van der Waals surface area (Å²) in [5, 5.41) is 9.57. The molecule has 1 N–H and O–H groups in total. The molecule has 0 spiro atoms. The van der Waals surface area contributed by atoms with Crippen LogP contribution >= 0.6 is 0 Å². The zero-order chi connectivity index (χ0) is 10.9. The summed E-state index contributed by atoms with van der Waals surface area (Å²) in [6, 6.07) is 0. The predicted octanol–water partition coefficient (Wildman–Crippen LogP) is 2.32. The van der Waals surface area contributed by atoms with E-state index in [9.17, 15) is 9.90 Å². The lowest BCUT2D eigenvalue weighted by Crippen LogP contribution is -2.36. The average molecular weight is 196 g/mol. The minimum Gasteiger partial charge on any atom is -0.393 e. The van der Waals surface area contributed by atoms with Gasteiger partial charge in [0.1, 0.15) is 0 Å². The van der Waals surface area contributed by atoms with Crippen LogP contribution in [0.2, 0.25) is 0 Å². The van der Waals surface area contributed by atoms with Crippen molar-refractivity contribution in [1.29, 1.82) is 0 Å². The Morgan fingerprint density at radius 1 is 1.50 bits per heavy atom. The Balaban J connectivity index is 2.95. The van der Waals surface area contributed by atoms with Crippen LogP contribution in [0.15, 0.2) is 11.1 Å². The van der Waals surface area contributed by atoms with Gasteiger partial charge in [-0.2, -0.15) is 0 Å². The maximum Gasteiger partial charge on any atom is 0.164 e. The Bertz CT molecular complexity index is 259. The Morgan fingerprint density at radius 2 is 2.07 bits per heavy atom. The minimum atomic E-state index is -0.521. The van der Waals surface area contributed by atoms with Crippen LogP contribution in [0.1, 0.15) is 40.5 Å². The van der Waals surface area contributed by atoms with Crippen molar-refractivity contribution >= 4 is 5.78 Å². The first kappa shape index (κ1) is 11.4. The second-order valence-corrected chi connectivity index (χ2v) is 4.63. The second-order valence-electron chi connectivity index (χ2n) is 4.63. The highest BCUT2D eigenvalue weighted by Crippen LogP contribution is 2.33. The molecule has 1 aliphatic carbocycles. The molecule has 0 aliphatic heterocycles. The average Bonchev–Trinajstić information content (AvgIpc) is 2.02. The molecule has 0 radical (unpaired) electrons. The van der Waals surface area contributed by atoms with Crippen molar-refractivity contribution in [3.63, 3.8) is 0 Å². The van der Waals surface area contributed by atoms with Crippen LogP contribution in [0.3, 0.4) is 0 Å². The molecule has 2 nitrogen and oxygen atoms in total. The van der Waals surface area contributed by atoms with E-state index in [2.05, 4.69) is 6.92 Å². The minimum absolute atomic E-state index is 0.166. The number of rotatable bonds is 1. The van der Waals surface area contributed by atoms with Crippen molar-refractivity contribution in [2.24, 2.45) is 11.8 Å². The van der Waals surface area contributed by atoms with E-state index in [1.54, 1.807) is 6.92 Å². The van der Waals surface area contributed by atoms with Crippen LogP contribution in [0.4, 0.5) is 0 Å². The molecular formula is C12H20O2. The zero-order valence-electron chi connectivity index (χ0n) is 9.50. The van der Waals surface area contributed by atoms with Crippen LogP contribution < -0.4 is 0 Å². The Kier molecular flexibility index (Phi) is 3.48. The second kappa shape index (κ2) is 4.26. The third-order valence-electron chi connectivity index (χ3n) is 3.19. The number of carbonyl (C=O) groups excluding carboxylic acids is 1. The molecule has 1 aliphatic rings. The molecule has 1 fully saturated rings. The van der Waals surface area contributed by atoms with Gasteiger partial charge in [0.15, 0.2) is 5.78 Å². The van der Waals surface area contributed by atoms with Gasteiger partial charge < -0.3 is 5.11 Å². The molecule has 0 amide bonds. The van der Waals surface area contributed by atoms with E-state index in [0.717, 1.165) is 24.0 Å². The van der Waals surface area contributed by atoms with Gasteiger partial charge in [0.2, 0.25) is 0 Å². The topological polar surface area (TPSA) is 37.3 Å². The summed E-state index contributed by atoms with van der Waals surface area (Å²) in [6.45, 7) is 7.72. The van der Waals surface area contributed by atoms with Gasteiger partial charge in [0.25, 0.3) is 0 Å². The molecule has 0 heterocycles. The summed E-state index contributed by atoms with van der Waals surface area (Å²) in [4.78, 5) is 12.0. The number of aliphatic hydroxyl groups is 1. The highest BCUT2D eigenvalue weighted by Gasteiger charge is 2.35. The number of carbonyl (C=O) groups is 1. The fourth-order valence-corrected chi connectivity index (χ4v) is 2.33. The van der Waals surface area contributed by atoms with Crippen LogP contribution in [0, 0.1) is 11.8 Å². The number of hydrogen-bond donors (Lipinski definition) is 1. The standard InChI is InChI=1S/C12H20O2/c1-7(2)10-6-5-8(3)11(9(4)13)12(10)14/h8-9,11,13H,5-6H2,1-4H3/t8-,9?,11?/m1/s1. The van der Waals surface area contributed by atoms with Gasteiger partial charge in [0, 0.05) is 0 Å². The number of ketones is 1. The van der Waals surface area contributed by atoms with Gasteiger partial charge in [-0.05, 0) is 45.1 Å². The van der Waals surface area contributed by atoms with E-state index < -0.39 is 6.10 Å². The van der Waals surface area contributed by atoms with Crippen molar-refractivity contribution < 1.29 is 9.90 Å². The van der Waals surface area contributed by atoms with E-state index in [1.807, 2.05) is 13.8 Å². The molecule has 3 atom stereocenters. The van der Waals surface area contributed by atoms with E-state index in [4.69, 9.17) is 0 Å². The summed E-state index contributed by atoms with van der Waals surface area (Å²) in [6.07, 6.45) is 1.38. The highest BCUT2D eigenvalue weighted by molar-refractivity contribution is 5.99. The molecule has 2 heteroatoms. The highest BCUT2D eigenvalue weighted by atomic mass is 16.3. The number of hydrogen-bond acceptors (Lipinski definition) is 2. The van der Waals surface area contributed by atoms with Gasteiger partial charge >= 0.3 is 0 Å². The predicted molar refractivity (Wildman–Crippen MR) is 56.9 cm³/mol. The van der Waals surface area contributed by atoms with E-state index in [0.29, 0.717) is 5.92 Å². The lowest BCUT2D eigenvalue weighted by Gasteiger charge is -2.31. The molecule has 1 rings (SSSR count). The third kappa shape index (κ3) is 2.06. The molecule has 0 aromatic heterocycles. The van der Waals surface area contributed by atoms with Crippen LogP contribution in [0.25, 0.3) is 0 Å². The van der Waals surface area contributed by atoms with Crippen LogP contribution in [-0.2, 0) is 4.79 Å². The lowest BCUT2D eigenvalue weighted by atomic mass is 9.73. The molecule has 0 aromatic carbocycles. The summed E-state index contributed by atoms with van der Waals surface area (Å²) in [5.74, 6) is 0.290. The van der Waals surface area contributed by atoms with E-state index >= 15 is 0 Å². The van der Waals surface area contributed by atoms with Gasteiger partial charge in [-0.1, -0.05) is 12.5 Å². The maximum atomic E-state index is 12.0. The summed E-state index contributed by atoms with van der Waals surface area (Å²) < 4.78 is 0. The van der Waals surface area contributed by atoms with Crippen molar-refractivity contribution in [2.75, 3.05) is 0 Å². The van der Waals surface area contributed by atoms with E-state index in [-0.39, 0.29) is 11.7 Å². The SMILES string of the molecule is CC(C)=C1CC[C@@H](C)C(C(C)O)C1=O. The smallest absolute Gasteiger partial charge is 0.164 e. The molecule has 14 heavy (non-hydrogen) atoms.